The van der Waals surface area contributed by atoms with Gasteiger partial charge in [0.15, 0.2) is 6.23 Å². The Hall–Kier alpha value is -3.01. The van der Waals surface area contributed by atoms with E-state index in [4.69, 9.17) is 4.74 Å². The molecule has 3 aromatic carbocycles. The normalized spacial score (nSPS) is 13.0. The molecular weight excluding hydrogens is 434 g/mol. The second-order valence-corrected chi connectivity index (χ2v) is 12.0. The monoisotopic (exact) mass is 475 g/mol. The number of hydrogen-bond donors (Lipinski definition) is 2. The Balaban J connectivity index is 1.86. The fourth-order valence-corrected chi connectivity index (χ4v) is 4.42. The van der Waals surface area contributed by atoms with Crippen molar-refractivity contribution < 1.29 is 14.6 Å². The van der Waals surface area contributed by atoms with E-state index < -0.39 is 6.23 Å². The molecule has 0 saturated carbocycles. The van der Waals surface area contributed by atoms with E-state index in [0.717, 1.165) is 36.0 Å². The van der Waals surface area contributed by atoms with Gasteiger partial charge in [0.25, 0.3) is 5.91 Å². The molecule has 0 fully saturated rings. The van der Waals surface area contributed by atoms with Crippen LogP contribution in [0.4, 0.5) is 0 Å². The minimum absolute atomic E-state index is 0.00389. The summed E-state index contributed by atoms with van der Waals surface area (Å²) >= 11 is 0. The minimum atomic E-state index is -0.495. The van der Waals surface area contributed by atoms with Crippen molar-refractivity contribution in [3.63, 3.8) is 0 Å². The molecule has 3 aromatic rings. The third-order valence-electron chi connectivity index (χ3n) is 5.84. The molecule has 1 atom stereocenters. The number of carbonyl (C=O) groups is 1. The summed E-state index contributed by atoms with van der Waals surface area (Å²) in [6.45, 7) is 15.5. The number of nitrogens with one attached hydrogen (secondary N) is 1. The highest BCUT2D eigenvalue weighted by atomic mass is 16.5. The van der Waals surface area contributed by atoms with Crippen molar-refractivity contribution in [2.45, 2.75) is 80.4 Å². The average Bonchev–Trinajstić information content (AvgIpc) is 2.74. The number of ether oxygens (including phenoxy) is 1. The van der Waals surface area contributed by atoms with Gasteiger partial charge in [0, 0.05) is 11.8 Å². The summed E-state index contributed by atoms with van der Waals surface area (Å²) in [5.74, 6) is 0.461. The topological polar surface area (TPSA) is 58.6 Å². The molecule has 4 nitrogen and oxygen atoms in total. The Morgan fingerprint density at radius 2 is 1.63 bits per heavy atom. The third kappa shape index (κ3) is 7.48. The molecule has 0 bridgehead atoms. The Morgan fingerprint density at radius 1 is 0.943 bits per heavy atom. The maximum atomic E-state index is 13.2. The van der Waals surface area contributed by atoms with Crippen molar-refractivity contribution in [1.82, 2.24) is 5.32 Å². The number of aromatic hydroxyl groups is 1. The van der Waals surface area contributed by atoms with Crippen LogP contribution < -0.4 is 10.1 Å². The van der Waals surface area contributed by atoms with E-state index >= 15 is 0 Å². The zero-order chi connectivity index (χ0) is 25.8. The minimum Gasteiger partial charge on any atom is -0.506 e. The van der Waals surface area contributed by atoms with E-state index in [1.807, 2.05) is 36.4 Å². The predicted octanol–water partition coefficient (Wildman–Crippen LogP) is 7.66. The first-order chi connectivity index (χ1) is 16.4. The van der Waals surface area contributed by atoms with Crippen molar-refractivity contribution in [2.24, 2.45) is 10.8 Å². The number of carbonyl (C=O) groups excluding carboxylic acids is 1. The molecule has 188 valence electrons. The first kappa shape index (κ1) is 26.6. The van der Waals surface area contributed by atoms with Gasteiger partial charge in [-0.1, -0.05) is 97.4 Å². The number of phenolic OH excluding ortho intramolecular Hbond substituents is 1. The highest BCUT2D eigenvalue weighted by Crippen LogP contribution is 2.32. The second-order valence-electron chi connectivity index (χ2n) is 12.0. The number of benzene rings is 3. The van der Waals surface area contributed by atoms with E-state index in [0.29, 0.717) is 11.8 Å². The standard InChI is InChI=1S/C31H41NO3/c1-8-11-27(32-29(34)25-16-15-22-12-9-10-13-24(22)28(25)33)35-26-17-14-21(19-30(2,3)4)18-23(26)20-31(5,6)7/h9-10,12-18,27,33H,8,11,19-20H2,1-7H3,(H,32,34). The van der Waals surface area contributed by atoms with Crippen LogP contribution in [0.25, 0.3) is 10.8 Å². The molecule has 0 aliphatic rings. The van der Waals surface area contributed by atoms with Crippen molar-refractivity contribution in [2.75, 3.05) is 0 Å². The maximum Gasteiger partial charge on any atom is 0.257 e. The molecule has 0 aliphatic heterocycles. The molecule has 2 N–H and O–H groups in total. The van der Waals surface area contributed by atoms with Crippen molar-refractivity contribution >= 4 is 16.7 Å². The highest BCUT2D eigenvalue weighted by Gasteiger charge is 2.22. The SMILES string of the molecule is CCCC(NC(=O)c1ccc2ccccc2c1O)Oc1ccc(CC(C)(C)C)cc1CC(C)(C)C. The molecule has 0 spiro atoms. The lowest BCUT2D eigenvalue weighted by Crippen LogP contribution is -2.39. The van der Waals surface area contributed by atoms with Gasteiger partial charge < -0.3 is 15.2 Å². The van der Waals surface area contributed by atoms with E-state index in [1.54, 1.807) is 6.07 Å². The van der Waals surface area contributed by atoms with Gasteiger partial charge in [-0.2, -0.15) is 0 Å². The summed E-state index contributed by atoms with van der Waals surface area (Å²) in [6.07, 6.45) is 2.88. The Labute approximate surface area is 210 Å². The molecule has 0 heterocycles. The molecule has 0 aliphatic carbocycles. The predicted molar refractivity (Wildman–Crippen MR) is 145 cm³/mol. The van der Waals surface area contributed by atoms with Crippen molar-refractivity contribution in [1.29, 1.82) is 0 Å². The zero-order valence-corrected chi connectivity index (χ0v) is 22.4. The number of amides is 1. The Kier molecular flexibility index (Phi) is 8.15. The number of phenols is 1. The number of rotatable bonds is 8. The molecule has 35 heavy (non-hydrogen) atoms. The van der Waals surface area contributed by atoms with Crippen LogP contribution in [0.15, 0.2) is 54.6 Å². The summed E-state index contributed by atoms with van der Waals surface area (Å²) in [5.41, 5.74) is 2.99. The largest absolute Gasteiger partial charge is 0.506 e. The van der Waals surface area contributed by atoms with Crippen LogP contribution in [0.2, 0.25) is 0 Å². The molecule has 0 aromatic heterocycles. The summed E-state index contributed by atoms with van der Waals surface area (Å²) in [5, 5.41) is 15.3. The number of fused-ring (bicyclic) bond motifs is 1. The van der Waals surface area contributed by atoms with Crippen LogP contribution in [-0.4, -0.2) is 17.2 Å². The van der Waals surface area contributed by atoms with E-state index in [2.05, 4.69) is 65.9 Å². The first-order valence-electron chi connectivity index (χ1n) is 12.7. The lowest BCUT2D eigenvalue weighted by atomic mass is 9.84. The van der Waals surface area contributed by atoms with Crippen LogP contribution in [0.1, 0.15) is 82.8 Å². The third-order valence-corrected chi connectivity index (χ3v) is 5.84. The maximum absolute atomic E-state index is 13.2. The van der Waals surface area contributed by atoms with Gasteiger partial charge in [-0.05, 0) is 52.3 Å². The Bertz CT molecular complexity index is 1170. The fourth-order valence-electron chi connectivity index (χ4n) is 4.42. The van der Waals surface area contributed by atoms with Crippen LogP contribution in [0.5, 0.6) is 11.5 Å². The fraction of sp³-hybridized carbons (Fsp3) is 0.452. The van der Waals surface area contributed by atoms with E-state index in [-0.39, 0.29) is 28.1 Å². The van der Waals surface area contributed by atoms with Crippen molar-refractivity contribution in [3.05, 3.63) is 71.3 Å². The summed E-state index contributed by atoms with van der Waals surface area (Å²) in [6, 6.07) is 17.5. The molecule has 3 rings (SSSR count). The van der Waals surface area contributed by atoms with Gasteiger partial charge in [0.2, 0.25) is 0 Å². The van der Waals surface area contributed by atoms with Gasteiger partial charge >= 0.3 is 0 Å². The van der Waals surface area contributed by atoms with Gasteiger partial charge in [-0.25, -0.2) is 0 Å². The van der Waals surface area contributed by atoms with E-state index in [9.17, 15) is 9.90 Å². The second kappa shape index (κ2) is 10.7. The molecule has 1 unspecified atom stereocenters. The average molecular weight is 476 g/mol. The van der Waals surface area contributed by atoms with Gasteiger partial charge in [-0.15, -0.1) is 0 Å². The van der Waals surface area contributed by atoms with Crippen LogP contribution in [0, 0.1) is 10.8 Å². The van der Waals surface area contributed by atoms with Gasteiger partial charge in [0.05, 0.1) is 5.56 Å². The smallest absolute Gasteiger partial charge is 0.257 e. The molecule has 4 heteroatoms. The lowest BCUT2D eigenvalue weighted by Gasteiger charge is -2.26. The molecule has 0 saturated heterocycles. The Morgan fingerprint density at radius 3 is 2.29 bits per heavy atom. The summed E-state index contributed by atoms with van der Waals surface area (Å²) in [7, 11) is 0. The van der Waals surface area contributed by atoms with E-state index in [1.165, 1.54) is 5.56 Å². The van der Waals surface area contributed by atoms with Crippen LogP contribution >= 0.6 is 0 Å². The molecular formula is C31H41NO3. The summed E-state index contributed by atoms with van der Waals surface area (Å²) < 4.78 is 6.42. The quantitative estimate of drug-likeness (QED) is 0.329. The number of hydrogen-bond acceptors (Lipinski definition) is 3. The lowest BCUT2D eigenvalue weighted by molar-refractivity contribution is 0.0808. The molecule has 0 radical (unpaired) electrons. The summed E-state index contributed by atoms with van der Waals surface area (Å²) in [4.78, 5) is 13.2. The van der Waals surface area contributed by atoms with Crippen LogP contribution in [-0.2, 0) is 12.8 Å². The first-order valence-corrected chi connectivity index (χ1v) is 12.7. The van der Waals surface area contributed by atoms with Crippen LogP contribution in [0.3, 0.4) is 0 Å². The zero-order valence-electron chi connectivity index (χ0n) is 22.4. The van der Waals surface area contributed by atoms with Gasteiger partial charge in [0.1, 0.15) is 11.5 Å². The van der Waals surface area contributed by atoms with Gasteiger partial charge in [-0.3, -0.25) is 4.79 Å². The molecule has 1 amide bonds. The highest BCUT2D eigenvalue weighted by molar-refractivity contribution is 6.03. The van der Waals surface area contributed by atoms with Crippen molar-refractivity contribution in [3.8, 4) is 11.5 Å².